The molecule has 0 aliphatic rings. The van der Waals surface area contributed by atoms with E-state index in [0.717, 1.165) is 4.88 Å². The molecule has 0 saturated carbocycles. The van der Waals surface area contributed by atoms with Gasteiger partial charge in [-0.3, -0.25) is 14.2 Å². The first-order valence-corrected chi connectivity index (χ1v) is 8.91. The van der Waals surface area contributed by atoms with Crippen LogP contribution in [0.3, 0.4) is 0 Å². The van der Waals surface area contributed by atoms with Crippen molar-refractivity contribution in [2.45, 2.75) is 26.3 Å². The lowest BCUT2D eigenvalue weighted by Gasteiger charge is -2.09. The molecule has 1 amide bonds. The minimum Gasteiger partial charge on any atom is -0.325 e. The first-order valence-electron chi connectivity index (χ1n) is 8.03. The highest BCUT2D eigenvalue weighted by molar-refractivity contribution is 7.13. The average molecular weight is 353 g/mol. The number of anilines is 1. The van der Waals surface area contributed by atoms with Crippen molar-refractivity contribution < 1.29 is 4.79 Å². The van der Waals surface area contributed by atoms with E-state index in [-0.39, 0.29) is 18.0 Å². The molecule has 0 radical (unpaired) electrons. The fourth-order valence-corrected chi connectivity index (χ4v) is 3.10. The van der Waals surface area contributed by atoms with Crippen LogP contribution in [0.5, 0.6) is 0 Å². The SMILES string of the molecule is CC(C)c1ccc(NC(=O)Cn2cnc(-c3cccs3)cc2=O)cc1. The van der Waals surface area contributed by atoms with Gasteiger partial charge in [-0.05, 0) is 35.1 Å². The molecule has 5 nitrogen and oxygen atoms in total. The minimum atomic E-state index is -0.259. The van der Waals surface area contributed by atoms with Crippen LogP contribution < -0.4 is 10.9 Å². The van der Waals surface area contributed by atoms with Crippen LogP contribution in [0.2, 0.25) is 0 Å². The number of rotatable bonds is 5. The van der Waals surface area contributed by atoms with Crippen molar-refractivity contribution in [3.05, 3.63) is 70.1 Å². The quantitative estimate of drug-likeness (QED) is 0.760. The van der Waals surface area contributed by atoms with Gasteiger partial charge in [-0.25, -0.2) is 4.98 Å². The summed E-state index contributed by atoms with van der Waals surface area (Å²) in [6.45, 7) is 4.17. The second-order valence-electron chi connectivity index (χ2n) is 6.04. The largest absolute Gasteiger partial charge is 0.325 e. The Kier molecular flexibility index (Phi) is 5.09. The minimum absolute atomic E-state index is 0.0670. The topological polar surface area (TPSA) is 64.0 Å². The van der Waals surface area contributed by atoms with E-state index < -0.39 is 0 Å². The lowest BCUT2D eigenvalue weighted by Crippen LogP contribution is -2.27. The fourth-order valence-electron chi connectivity index (χ4n) is 2.41. The molecule has 0 spiro atoms. The Bertz CT molecular complexity index is 913. The Hall–Kier alpha value is -2.73. The van der Waals surface area contributed by atoms with E-state index >= 15 is 0 Å². The van der Waals surface area contributed by atoms with Crippen LogP contribution in [0.15, 0.2) is 59.0 Å². The smallest absolute Gasteiger partial charge is 0.254 e. The lowest BCUT2D eigenvalue weighted by molar-refractivity contribution is -0.116. The molecular formula is C19H19N3O2S. The number of thiophene rings is 1. The van der Waals surface area contributed by atoms with E-state index in [1.54, 1.807) is 0 Å². The summed E-state index contributed by atoms with van der Waals surface area (Å²) in [6.07, 6.45) is 1.42. The first kappa shape index (κ1) is 17.1. The third-order valence-electron chi connectivity index (χ3n) is 3.83. The molecule has 0 bridgehead atoms. The number of amides is 1. The average Bonchev–Trinajstić information content (AvgIpc) is 3.11. The number of hydrogen-bond acceptors (Lipinski definition) is 4. The standard InChI is InChI=1S/C19H19N3O2S/c1-13(2)14-5-7-15(8-6-14)21-18(23)11-22-12-20-16(10-19(22)24)17-4-3-9-25-17/h3-10,12-13H,11H2,1-2H3,(H,21,23). The summed E-state index contributed by atoms with van der Waals surface area (Å²) in [5.74, 6) is 0.182. The highest BCUT2D eigenvalue weighted by atomic mass is 32.1. The van der Waals surface area contributed by atoms with Gasteiger partial charge in [0.1, 0.15) is 6.54 Å². The highest BCUT2D eigenvalue weighted by Crippen LogP contribution is 2.20. The third-order valence-corrected chi connectivity index (χ3v) is 4.72. The summed E-state index contributed by atoms with van der Waals surface area (Å²) in [5.41, 5.74) is 2.30. The molecule has 1 aromatic carbocycles. The summed E-state index contributed by atoms with van der Waals surface area (Å²) in [5, 5.41) is 4.73. The molecule has 1 N–H and O–H groups in total. The molecule has 0 fully saturated rings. The Morgan fingerprint density at radius 2 is 2.00 bits per heavy atom. The summed E-state index contributed by atoms with van der Waals surface area (Å²) in [7, 11) is 0. The maximum absolute atomic E-state index is 12.2. The lowest BCUT2D eigenvalue weighted by atomic mass is 10.0. The van der Waals surface area contributed by atoms with Crippen LogP contribution in [0.1, 0.15) is 25.3 Å². The molecule has 6 heteroatoms. The van der Waals surface area contributed by atoms with Crippen molar-refractivity contribution in [2.24, 2.45) is 0 Å². The third kappa shape index (κ3) is 4.22. The van der Waals surface area contributed by atoms with E-state index in [1.165, 1.54) is 33.9 Å². The van der Waals surface area contributed by atoms with Crippen molar-refractivity contribution >= 4 is 22.9 Å². The number of aromatic nitrogens is 2. The van der Waals surface area contributed by atoms with Crippen molar-refractivity contribution in [3.8, 4) is 10.6 Å². The normalized spacial score (nSPS) is 10.8. The molecule has 0 saturated heterocycles. The molecule has 0 aliphatic heterocycles. The van der Waals surface area contributed by atoms with Crippen LogP contribution in [0.4, 0.5) is 5.69 Å². The number of nitrogens with zero attached hydrogens (tertiary/aromatic N) is 2. The van der Waals surface area contributed by atoms with Gasteiger partial charge in [0.05, 0.1) is 16.9 Å². The van der Waals surface area contributed by atoms with E-state index in [4.69, 9.17) is 0 Å². The van der Waals surface area contributed by atoms with Crippen molar-refractivity contribution in [3.63, 3.8) is 0 Å². The van der Waals surface area contributed by atoms with Gasteiger partial charge in [0.2, 0.25) is 5.91 Å². The van der Waals surface area contributed by atoms with E-state index in [2.05, 4.69) is 24.1 Å². The summed E-state index contributed by atoms with van der Waals surface area (Å²) < 4.78 is 1.30. The van der Waals surface area contributed by atoms with Gasteiger partial charge in [0, 0.05) is 11.8 Å². The van der Waals surface area contributed by atoms with Crippen molar-refractivity contribution in [1.29, 1.82) is 0 Å². The number of benzene rings is 1. The maximum atomic E-state index is 12.2. The zero-order chi connectivity index (χ0) is 17.8. The summed E-state index contributed by atoms with van der Waals surface area (Å²) >= 11 is 1.52. The molecule has 2 heterocycles. The van der Waals surface area contributed by atoms with Crippen molar-refractivity contribution in [2.75, 3.05) is 5.32 Å². The Morgan fingerprint density at radius 3 is 2.60 bits per heavy atom. The van der Waals surface area contributed by atoms with Gasteiger partial charge in [0.15, 0.2) is 0 Å². The molecular weight excluding hydrogens is 334 g/mol. The van der Waals surface area contributed by atoms with Crippen LogP contribution in [0, 0.1) is 0 Å². The van der Waals surface area contributed by atoms with Crippen LogP contribution in [0.25, 0.3) is 10.6 Å². The Morgan fingerprint density at radius 1 is 1.24 bits per heavy atom. The van der Waals surface area contributed by atoms with Crippen LogP contribution in [-0.4, -0.2) is 15.5 Å². The Labute approximate surface area is 150 Å². The summed E-state index contributed by atoms with van der Waals surface area (Å²) in [4.78, 5) is 29.6. The van der Waals surface area contributed by atoms with E-state index in [0.29, 0.717) is 17.3 Å². The highest BCUT2D eigenvalue weighted by Gasteiger charge is 2.08. The first-order chi connectivity index (χ1) is 12.0. The number of nitrogens with one attached hydrogen (secondary N) is 1. The van der Waals surface area contributed by atoms with Gasteiger partial charge in [0.25, 0.3) is 5.56 Å². The molecule has 2 aromatic heterocycles. The van der Waals surface area contributed by atoms with E-state index in [9.17, 15) is 9.59 Å². The second-order valence-corrected chi connectivity index (χ2v) is 6.99. The molecule has 0 unspecified atom stereocenters. The predicted octanol–water partition coefficient (Wildman–Crippen LogP) is 3.73. The van der Waals surface area contributed by atoms with Crippen LogP contribution >= 0.6 is 11.3 Å². The molecule has 128 valence electrons. The fraction of sp³-hybridized carbons (Fsp3) is 0.211. The summed E-state index contributed by atoms with van der Waals surface area (Å²) in [6, 6.07) is 13.0. The molecule has 3 aromatic rings. The molecule has 0 aliphatic carbocycles. The number of carbonyl (C=O) groups excluding carboxylic acids is 1. The van der Waals surface area contributed by atoms with Gasteiger partial charge >= 0.3 is 0 Å². The second kappa shape index (κ2) is 7.44. The van der Waals surface area contributed by atoms with Gasteiger partial charge in [-0.1, -0.05) is 32.0 Å². The van der Waals surface area contributed by atoms with E-state index in [1.807, 2.05) is 41.8 Å². The molecule has 25 heavy (non-hydrogen) atoms. The maximum Gasteiger partial charge on any atom is 0.254 e. The van der Waals surface area contributed by atoms with Gasteiger partial charge in [-0.15, -0.1) is 11.3 Å². The number of hydrogen-bond donors (Lipinski definition) is 1. The van der Waals surface area contributed by atoms with Crippen LogP contribution in [-0.2, 0) is 11.3 Å². The van der Waals surface area contributed by atoms with Crippen molar-refractivity contribution in [1.82, 2.24) is 9.55 Å². The van der Waals surface area contributed by atoms with Gasteiger partial charge < -0.3 is 5.32 Å². The Balaban J connectivity index is 1.67. The molecule has 3 rings (SSSR count). The number of carbonyl (C=O) groups is 1. The zero-order valence-corrected chi connectivity index (χ0v) is 14.9. The molecule has 0 atom stereocenters. The predicted molar refractivity (Wildman–Crippen MR) is 101 cm³/mol. The monoisotopic (exact) mass is 353 g/mol. The zero-order valence-electron chi connectivity index (χ0n) is 14.1. The van der Waals surface area contributed by atoms with Gasteiger partial charge in [-0.2, -0.15) is 0 Å².